The minimum absolute atomic E-state index is 0.00388. The highest BCUT2D eigenvalue weighted by molar-refractivity contribution is 5.94. The molecule has 1 aliphatic heterocycles. The molecular formula is C16H15FN2O. The van der Waals surface area contributed by atoms with E-state index in [-0.39, 0.29) is 17.5 Å². The molecule has 2 heterocycles. The maximum Gasteiger partial charge on any atom is 0.257 e. The summed E-state index contributed by atoms with van der Waals surface area (Å²) in [6, 6.07) is 9.96. The SMILES string of the molecule is O=C(c1ccccc1F)N1CCC[C@H]1c1cccnc1. The van der Waals surface area contributed by atoms with Gasteiger partial charge in [0.2, 0.25) is 0 Å². The molecule has 1 amide bonds. The average Bonchev–Trinajstić information content (AvgIpc) is 2.97. The number of hydrogen-bond donors (Lipinski definition) is 0. The Morgan fingerprint density at radius 1 is 1.25 bits per heavy atom. The molecule has 3 nitrogen and oxygen atoms in total. The van der Waals surface area contributed by atoms with Gasteiger partial charge in [0.25, 0.3) is 5.91 Å². The van der Waals surface area contributed by atoms with Gasteiger partial charge >= 0.3 is 0 Å². The molecule has 1 saturated heterocycles. The molecule has 20 heavy (non-hydrogen) atoms. The van der Waals surface area contributed by atoms with Crippen LogP contribution in [-0.2, 0) is 0 Å². The summed E-state index contributed by atoms with van der Waals surface area (Å²) in [5.41, 5.74) is 1.15. The third-order valence-corrected chi connectivity index (χ3v) is 3.69. The van der Waals surface area contributed by atoms with Crippen molar-refractivity contribution in [3.63, 3.8) is 0 Å². The highest BCUT2D eigenvalue weighted by atomic mass is 19.1. The van der Waals surface area contributed by atoms with Crippen LogP contribution in [0.3, 0.4) is 0 Å². The van der Waals surface area contributed by atoms with Crippen LogP contribution in [0, 0.1) is 5.82 Å². The van der Waals surface area contributed by atoms with Crippen molar-refractivity contribution in [2.24, 2.45) is 0 Å². The van der Waals surface area contributed by atoms with Crippen LogP contribution in [0.15, 0.2) is 48.8 Å². The van der Waals surface area contributed by atoms with Gasteiger partial charge in [-0.05, 0) is 36.6 Å². The minimum Gasteiger partial charge on any atom is -0.331 e. The molecule has 0 radical (unpaired) electrons. The molecule has 0 spiro atoms. The van der Waals surface area contributed by atoms with Gasteiger partial charge in [-0.2, -0.15) is 0 Å². The second-order valence-corrected chi connectivity index (χ2v) is 4.92. The van der Waals surface area contributed by atoms with Gasteiger partial charge in [0.05, 0.1) is 11.6 Å². The Bertz CT molecular complexity index is 615. The topological polar surface area (TPSA) is 33.2 Å². The summed E-state index contributed by atoms with van der Waals surface area (Å²) < 4.78 is 13.8. The van der Waals surface area contributed by atoms with Crippen LogP contribution in [0.4, 0.5) is 4.39 Å². The van der Waals surface area contributed by atoms with Crippen molar-refractivity contribution in [3.8, 4) is 0 Å². The minimum atomic E-state index is -0.464. The normalized spacial score (nSPS) is 18.2. The van der Waals surface area contributed by atoms with E-state index in [1.807, 2.05) is 12.1 Å². The van der Waals surface area contributed by atoms with Crippen LogP contribution < -0.4 is 0 Å². The van der Waals surface area contributed by atoms with Crippen LogP contribution in [0.25, 0.3) is 0 Å². The van der Waals surface area contributed by atoms with E-state index in [9.17, 15) is 9.18 Å². The smallest absolute Gasteiger partial charge is 0.257 e. The van der Waals surface area contributed by atoms with Gasteiger partial charge in [-0.3, -0.25) is 9.78 Å². The molecule has 1 aromatic carbocycles. The highest BCUT2D eigenvalue weighted by Gasteiger charge is 2.31. The average molecular weight is 270 g/mol. The predicted octanol–water partition coefficient (Wildman–Crippen LogP) is 3.20. The molecule has 0 N–H and O–H groups in total. The lowest BCUT2D eigenvalue weighted by Gasteiger charge is -2.25. The predicted molar refractivity (Wildman–Crippen MR) is 73.6 cm³/mol. The lowest BCUT2D eigenvalue weighted by Crippen LogP contribution is -2.31. The lowest BCUT2D eigenvalue weighted by atomic mass is 10.1. The van der Waals surface area contributed by atoms with Crippen molar-refractivity contribution in [2.75, 3.05) is 6.54 Å². The molecule has 0 bridgehead atoms. The number of amides is 1. The molecular weight excluding hydrogens is 255 g/mol. The van der Waals surface area contributed by atoms with E-state index in [0.29, 0.717) is 6.54 Å². The van der Waals surface area contributed by atoms with E-state index in [2.05, 4.69) is 4.98 Å². The monoisotopic (exact) mass is 270 g/mol. The van der Waals surface area contributed by atoms with Crippen molar-refractivity contribution in [1.82, 2.24) is 9.88 Å². The first-order chi connectivity index (χ1) is 9.77. The second-order valence-electron chi connectivity index (χ2n) is 4.92. The zero-order valence-electron chi connectivity index (χ0n) is 11.0. The molecule has 2 aromatic rings. The third-order valence-electron chi connectivity index (χ3n) is 3.69. The van der Waals surface area contributed by atoms with Crippen molar-refractivity contribution in [2.45, 2.75) is 18.9 Å². The molecule has 102 valence electrons. The number of halogens is 1. The fourth-order valence-electron chi connectivity index (χ4n) is 2.72. The van der Waals surface area contributed by atoms with Crippen LogP contribution in [0.2, 0.25) is 0 Å². The Kier molecular flexibility index (Phi) is 3.46. The Labute approximate surface area is 117 Å². The number of nitrogens with zero attached hydrogens (tertiary/aromatic N) is 2. The van der Waals surface area contributed by atoms with E-state index >= 15 is 0 Å². The summed E-state index contributed by atoms with van der Waals surface area (Å²) in [6.45, 7) is 0.659. The number of pyridine rings is 1. The Morgan fingerprint density at radius 2 is 2.10 bits per heavy atom. The zero-order chi connectivity index (χ0) is 13.9. The molecule has 1 atom stereocenters. The second kappa shape index (κ2) is 5.41. The molecule has 4 heteroatoms. The quantitative estimate of drug-likeness (QED) is 0.839. The van der Waals surface area contributed by atoms with Crippen LogP contribution in [0.1, 0.15) is 34.8 Å². The van der Waals surface area contributed by atoms with E-state index in [0.717, 1.165) is 18.4 Å². The van der Waals surface area contributed by atoms with E-state index in [1.165, 1.54) is 12.1 Å². The molecule has 1 aromatic heterocycles. The summed E-state index contributed by atoms with van der Waals surface area (Å²) in [6.07, 6.45) is 5.31. The Balaban J connectivity index is 1.90. The van der Waals surface area contributed by atoms with Gasteiger partial charge in [0.1, 0.15) is 5.82 Å². The summed E-state index contributed by atoms with van der Waals surface area (Å²) in [5, 5.41) is 0. The molecule has 1 aliphatic rings. The number of hydrogen-bond acceptors (Lipinski definition) is 2. The van der Waals surface area contributed by atoms with Gasteiger partial charge in [0.15, 0.2) is 0 Å². The van der Waals surface area contributed by atoms with Gasteiger partial charge < -0.3 is 4.90 Å². The first kappa shape index (κ1) is 12.8. The highest BCUT2D eigenvalue weighted by Crippen LogP contribution is 2.32. The maximum absolute atomic E-state index is 13.8. The van der Waals surface area contributed by atoms with Crippen molar-refractivity contribution in [1.29, 1.82) is 0 Å². The summed E-state index contributed by atoms with van der Waals surface area (Å²) in [4.78, 5) is 18.4. The number of carbonyl (C=O) groups is 1. The van der Waals surface area contributed by atoms with Crippen LogP contribution in [-0.4, -0.2) is 22.3 Å². The standard InChI is InChI=1S/C16H15FN2O/c17-14-7-2-1-6-13(14)16(20)19-10-4-8-15(19)12-5-3-9-18-11-12/h1-3,5-7,9,11,15H,4,8,10H2/t15-/m0/s1. The molecule has 0 unspecified atom stereocenters. The Hall–Kier alpha value is -2.23. The van der Waals surface area contributed by atoms with Gasteiger partial charge in [-0.25, -0.2) is 4.39 Å². The number of benzene rings is 1. The first-order valence-corrected chi connectivity index (χ1v) is 6.73. The van der Waals surface area contributed by atoms with Crippen molar-refractivity contribution >= 4 is 5.91 Å². The van der Waals surface area contributed by atoms with Crippen molar-refractivity contribution < 1.29 is 9.18 Å². The zero-order valence-corrected chi connectivity index (χ0v) is 11.0. The van der Waals surface area contributed by atoms with Gasteiger partial charge in [-0.15, -0.1) is 0 Å². The summed E-state index contributed by atoms with van der Waals surface area (Å²) in [5.74, 6) is -0.705. The van der Waals surface area contributed by atoms with Crippen LogP contribution >= 0.6 is 0 Å². The number of rotatable bonds is 2. The van der Waals surface area contributed by atoms with Crippen molar-refractivity contribution in [3.05, 3.63) is 65.7 Å². The number of aromatic nitrogens is 1. The van der Waals surface area contributed by atoms with E-state index < -0.39 is 5.82 Å². The van der Waals surface area contributed by atoms with E-state index in [1.54, 1.807) is 29.4 Å². The molecule has 1 fully saturated rings. The summed E-state index contributed by atoms with van der Waals surface area (Å²) in [7, 11) is 0. The molecule has 3 rings (SSSR count). The Morgan fingerprint density at radius 3 is 2.85 bits per heavy atom. The number of likely N-dealkylation sites (tertiary alicyclic amines) is 1. The molecule has 0 aliphatic carbocycles. The fourth-order valence-corrected chi connectivity index (χ4v) is 2.72. The lowest BCUT2D eigenvalue weighted by molar-refractivity contribution is 0.0730. The van der Waals surface area contributed by atoms with Gasteiger partial charge in [-0.1, -0.05) is 18.2 Å². The van der Waals surface area contributed by atoms with Gasteiger partial charge in [0, 0.05) is 18.9 Å². The number of carbonyl (C=O) groups excluding carboxylic acids is 1. The third kappa shape index (κ3) is 2.29. The molecule has 0 saturated carbocycles. The first-order valence-electron chi connectivity index (χ1n) is 6.73. The largest absolute Gasteiger partial charge is 0.331 e. The van der Waals surface area contributed by atoms with E-state index in [4.69, 9.17) is 0 Å². The fraction of sp³-hybridized carbons (Fsp3) is 0.250. The summed E-state index contributed by atoms with van der Waals surface area (Å²) >= 11 is 0. The van der Waals surface area contributed by atoms with Crippen LogP contribution in [0.5, 0.6) is 0 Å². The maximum atomic E-state index is 13.8.